The maximum absolute atomic E-state index is 10.9. The molecule has 0 bridgehead atoms. The first-order valence-corrected chi connectivity index (χ1v) is 8.70. The molecule has 0 atom stereocenters. The van der Waals surface area contributed by atoms with Gasteiger partial charge in [-0.15, -0.1) is 21.5 Å². The quantitative estimate of drug-likeness (QED) is 0.696. The van der Waals surface area contributed by atoms with Crippen LogP contribution in [0.5, 0.6) is 0 Å². The molecule has 0 amide bonds. The van der Waals surface area contributed by atoms with E-state index in [0.29, 0.717) is 15.3 Å². The average molecular weight is 370 g/mol. The van der Waals surface area contributed by atoms with Crippen LogP contribution in [0.25, 0.3) is 16.5 Å². The summed E-state index contributed by atoms with van der Waals surface area (Å²) in [5, 5.41) is 22.1. The van der Waals surface area contributed by atoms with Crippen LogP contribution in [0, 0.1) is 6.92 Å². The molecule has 7 nitrogen and oxygen atoms in total. The number of thioether (sulfide) groups is 1. The van der Waals surface area contributed by atoms with Crippen LogP contribution in [-0.2, 0) is 11.8 Å². The number of nitrogens with zero attached hydrogens (tertiary/aromatic N) is 5. The summed E-state index contributed by atoms with van der Waals surface area (Å²) in [6.45, 7) is 1.89. The van der Waals surface area contributed by atoms with E-state index in [1.54, 1.807) is 15.3 Å². The van der Waals surface area contributed by atoms with Crippen LogP contribution in [0.3, 0.4) is 0 Å². The molecule has 3 rings (SSSR count). The molecule has 0 spiro atoms. The summed E-state index contributed by atoms with van der Waals surface area (Å²) < 4.78 is 4.16. The van der Waals surface area contributed by atoms with Gasteiger partial charge < -0.3 is 5.11 Å². The van der Waals surface area contributed by atoms with Crippen LogP contribution in [0.15, 0.2) is 23.4 Å². The van der Waals surface area contributed by atoms with E-state index in [-0.39, 0.29) is 5.75 Å². The van der Waals surface area contributed by atoms with Crippen molar-refractivity contribution in [3.8, 4) is 16.5 Å². The van der Waals surface area contributed by atoms with Crippen molar-refractivity contribution in [2.24, 2.45) is 7.05 Å². The molecule has 0 fully saturated rings. The first-order valence-electron chi connectivity index (χ1n) is 6.52. The Kier molecular flexibility index (Phi) is 4.42. The molecule has 0 radical (unpaired) electrons. The number of hydrogen-bond acceptors (Lipinski definition) is 6. The molecule has 120 valence electrons. The molecule has 0 unspecified atom stereocenters. The third-order valence-corrected chi connectivity index (χ3v) is 5.10. The highest BCUT2D eigenvalue weighted by Gasteiger charge is 2.20. The van der Waals surface area contributed by atoms with Gasteiger partial charge in [0.05, 0.1) is 20.7 Å². The standard InChI is InChI=1S/C13H12ClN5O2S2/c1-7-5-10(18(2)17-7)19-12(8-3-4-9(14)23-8)15-16-13(19)22-6-11(20)21/h3-5H,6H2,1-2H3,(H,20,21). The number of hydrogen-bond donors (Lipinski definition) is 1. The molecule has 0 aromatic carbocycles. The SMILES string of the molecule is Cc1cc(-n2c(SCC(=O)O)nnc2-c2ccc(Cl)s2)n(C)n1. The molecule has 0 aliphatic carbocycles. The highest BCUT2D eigenvalue weighted by molar-refractivity contribution is 7.99. The molecule has 0 saturated heterocycles. The fourth-order valence-corrected chi connectivity index (χ4v) is 3.77. The average Bonchev–Trinajstić information content (AvgIpc) is 3.15. The van der Waals surface area contributed by atoms with Gasteiger partial charge in [0.15, 0.2) is 11.0 Å². The van der Waals surface area contributed by atoms with Gasteiger partial charge in [-0.2, -0.15) is 5.10 Å². The Bertz CT molecular complexity index is 870. The summed E-state index contributed by atoms with van der Waals surface area (Å²) in [6, 6.07) is 5.55. The third-order valence-electron chi connectivity index (χ3n) is 2.96. The minimum atomic E-state index is -0.911. The van der Waals surface area contributed by atoms with Crippen LogP contribution in [0.1, 0.15) is 5.69 Å². The van der Waals surface area contributed by atoms with E-state index in [0.717, 1.165) is 28.2 Å². The Morgan fingerprint density at radius 2 is 2.22 bits per heavy atom. The number of aryl methyl sites for hydroxylation is 2. The molecular weight excluding hydrogens is 358 g/mol. The van der Waals surface area contributed by atoms with Crippen molar-refractivity contribution in [1.82, 2.24) is 24.5 Å². The fraction of sp³-hybridized carbons (Fsp3) is 0.231. The van der Waals surface area contributed by atoms with Gasteiger partial charge in [-0.3, -0.25) is 14.0 Å². The van der Waals surface area contributed by atoms with Gasteiger partial charge in [-0.05, 0) is 19.1 Å². The van der Waals surface area contributed by atoms with Crippen molar-refractivity contribution >= 4 is 40.7 Å². The van der Waals surface area contributed by atoms with Crippen molar-refractivity contribution in [1.29, 1.82) is 0 Å². The highest BCUT2D eigenvalue weighted by Crippen LogP contribution is 2.33. The number of rotatable bonds is 5. The molecule has 1 N–H and O–H groups in total. The van der Waals surface area contributed by atoms with Gasteiger partial charge in [-0.1, -0.05) is 23.4 Å². The fourth-order valence-electron chi connectivity index (χ4n) is 2.10. The van der Waals surface area contributed by atoms with E-state index in [4.69, 9.17) is 16.7 Å². The Morgan fingerprint density at radius 3 is 2.78 bits per heavy atom. The minimum Gasteiger partial charge on any atom is -0.481 e. The van der Waals surface area contributed by atoms with Crippen LogP contribution in [0.4, 0.5) is 0 Å². The smallest absolute Gasteiger partial charge is 0.313 e. The van der Waals surface area contributed by atoms with Crippen LogP contribution >= 0.6 is 34.7 Å². The molecule has 23 heavy (non-hydrogen) atoms. The van der Waals surface area contributed by atoms with Gasteiger partial charge >= 0.3 is 5.97 Å². The lowest BCUT2D eigenvalue weighted by Crippen LogP contribution is -2.07. The lowest BCUT2D eigenvalue weighted by Gasteiger charge is -2.08. The first kappa shape index (κ1) is 16.0. The second-order valence-electron chi connectivity index (χ2n) is 4.70. The van der Waals surface area contributed by atoms with Gasteiger partial charge in [0, 0.05) is 13.1 Å². The summed E-state index contributed by atoms with van der Waals surface area (Å²) >= 11 is 8.51. The van der Waals surface area contributed by atoms with Crippen molar-refractivity contribution in [2.75, 3.05) is 5.75 Å². The third kappa shape index (κ3) is 3.26. The zero-order valence-electron chi connectivity index (χ0n) is 12.2. The summed E-state index contributed by atoms with van der Waals surface area (Å²) in [5.74, 6) is 0.365. The number of aliphatic carboxylic acids is 1. The lowest BCUT2D eigenvalue weighted by molar-refractivity contribution is -0.133. The topological polar surface area (TPSA) is 85.8 Å². The molecule has 0 aliphatic heterocycles. The van der Waals surface area contributed by atoms with E-state index in [2.05, 4.69) is 15.3 Å². The molecule has 0 aliphatic rings. The molecule has 10 heteroatoms. The monoisotopic (exact) mass is 369 g/mol. The van der Waals surface area contributed by atoms with Gasteiger partial charge in [-0.25, -0.2) is 0 Å². The van der Waals surface area contributed by atoms with Gasteiger partial charge in [0.2, 0.25) is 0 Å². The molecule has 3 heterocycles. The molecule has 3 aromatic heterocycles. The number of thiophene rings is 1. The Labute approximate surface area is 144 Å². The van der Waals surface area contributed by atoms with Crippen LogP contribution in [-0.4, -0.2) is 41.4 Å². The molecule has 3 aromatic rings. The van der Waals surface area contributed by atoms with Crippen molar-refractivity contribution in [3.05, 3.63) is 28.2 Å². The largest absolute Gasteiger partial charge is 0.481 e. The Hall–Kier alpha value is -1.84. The van der Waals surface area contributed by atoms with Crippen LogP contribution < -0.4 is 0 Å². The summed E-state index contributed by atoms with van der Waals surface area (Å²) in [4.78, 5) is 11.7. The zero-order chi connectivity index (χ0) is 16.6. The van der Waals surface area contributed by atoms with Crippen LogP contribution in [0.2, 0.25) is 4.34 Å². The molecular formula is C13H12ClN5O2S2. The Morgan fingerprint density at radius 1 is 1.43 bits per heavy atom. The predicted molar refractivity (Wildman–Crippen MR) is 89.5 cm³/mol. The number of aromatic nitrogens is 5. The number of carboxylic acids is 1. The van der Waals surface area contributed by atoms with E-state index < -0.39 is 5.97 Å². The highest BCUT2D eigenvalue weighted by atomic mass is 35.5. The summed E-state index contributed by atoms with van der Waals surface area (Å²) in [7, 11) is 1.82. The number of carbonyl (C=O) groups is 1. The van der Waals surface area contributed by atoms with E-state index in [1.165, 1.54) is 11.3 Å². The van der Waals surface area contributed by atoms with Crippen molar-refractivity contribution < 1.29 is 9.90 Å². The second-order valence-corrected chi connectivity index (χ2v) is 7.35. The van der Waals surface area contributed by atoms with E-state index in [1.807, 2.05) is 26.1 Å². The second kappa shape index (κ2) is 6.34. The first-order chi connectivity index (χ1) is 11.0. The minimum absolute atomic E-state index is 0.0971. The normalized spacial score (nSPS) is 11.1. The number of halogens is 1. The lowest BCUT2D eigenvalue weighted by atomic mass is 10.4. The maximum atomic E-state index is 10.9. The van der Waals surface area contributed by atoms with Crippen molar-refractivity contribution in [3.63, 3.8) is 0 Å². The number of carboxylic acid groups (broad SMARTS) is 1. The van der Waals surface area contributed by atoms with E-state index in [9.17, 15) is 4.79 Å². The zero-order valence-corrected chi connectivity index (χ0v) is 14.6. The summed E-state index contributed by atoms with van der Waals surface area (Å²) in [6.07, 6.45) is 0. The molecule has 0 saturated carbocycles. The van der Waals surface area contributed by atoms with Gasteiger partial charge in [0.25, 0.3) is 0 Å². The van der Waals surface area contributed by atoms with Crippen molar-refractivity contribution in [2.45, 2.75) is 12.1 Å². The van der Waals surface area contributed by atoms with Gasteiger partial charge in [0.1, 0.15) is 5.82 Å². The summed E-state index contributed by atoms with van der Waals surface area (Å²) in [5.41, 5.74) is 0.848. The maximum Gasteiger partial charge on any atom is 0.313 e. The predicted octanol–water partition coefficient (Wildman–Crippen LogP) is 2.87. The van der Waals surface area contributed by atoms with E-state index >= 15 is 0 Å². The Balaban J connectivity index is 2.13.